The number of anilines is 1. The second-order valence-corrected chi connectivity index (χ2v) is 4.04. The van der Waals surface area contributed by atoms with E-state index in [-0.39, 0.29) is 6.04 Å². The zero-order valence-corrected chi connectivity index (χ0v) is 8.51. The van der Waals surface area contributed by atoms with Gasteiger partial charge in [0, 0.05) is 24.5 Å². The molecular weight excluding hydrogens is 190 g/mol. The van der Waals surface area contributed by atoms with Crippen LogP contribution in [0.5, 0.6) is 0 Å². The highest BCUT2D eigenvalue weighted by atomic mass is 15.2. The lowest BCUT2D eigenvalue weighted by molar-refractivity contribution is 0.916. The molecule has 1 fully saturated rings. The first kappa shape index (κ1) is 8.67. The van der Waals surface area contributed by atoms with Crippen LogP contribution in [0.2, 0.25) is 0 Å². The first-order chi connectivity index (χ1) is 7.24. The lowest BCUT2D eigenvalue weighted by Crippen LogP contribution is -2.14. The predicted molar refractivity (Wildman–Crippen MR) is 57.7 cm³/mol. The quantitative estimate of drug-likeness (QED) is 0.748. The molecule has 0 aliphatic heterocycles. The topological polar surface area (TPSA) is 68.2 Å². The Labute approximate surface area is 87.3 Å². The minimum Gasteiger partial charge on any atom is -0.364 e. The van der Waals surface area contributed by atoms with Gasteiger partial charge in [-0.1, -0.05) is 0 Å². The number of nitrogens with zero attached hydrogens (tertiary/aromatic N) is 3. The van der Waals surface area contributed by atoms with Gasteiger partial charge in [-0.2, -0.15) is 5.10 Å². The minimum atomic E-state index is 0.274. The molecule has 0 aromatic carbocycles. The SMILES string of the molecule is Cc1cc2c(NC3CC3N)nccn2n1. The van der Waals surface area contributed by atoms with E-state index in [0.29, 0.717) is 6.04 Å². The number of nitrogens with one attached hydrogen (secondary N) is 1. The second kappa shape index (κ2) is 2.93. The van der Waals surface area contributed by atoms with E-state index in [1.807, 2.05) is 23.7 Å². The van der Waals surface area contributed by atoms with Crippen molar-refractivity contribution in [1.82, 2.24) is 14.6 Å². The normalized spacial score (nSPS) is 24.4. The van der Waals surface area contributed by atoms with Crippen molar-refractivity contribution in [3.63, 3.8) is 0 Å². The molecule has 1 saturated carbocycles. The summed E-state index contributed by atoms with van der Waals surface area (Å²) in [6.45, 7) is 1.97. The van der Waals surface area contributed by atoms with E-state index in [2.05, 4.69) is 15.4 Å². The Balaban J connectivity index is 2.01. The summed E-state index contributed by atoms with van der Waals surface area (Å²) in [5, 5.41) is 7.65. The van der Waals surface area contributed by atoms with E-state index in [9.17, 15) is 0 Å². The highest BCUT2D eigenvalue weighted by Gasteiger charge is 2.33. The Morgan fingerprint density at radius 3 is 3.13 bits per heavy atom. The van der Waals surface area contributed by atoms with Crippen molar-refractivity contribution < 1.29 is 0 Å². The van der Waals surface area contributed by atoms with E-state index >= 15 is 0 Å². The predicted octanol–water partition coefficient (Wildman–Crippen LogP) is 0.549. The minimum absolute atomic E-state index is 0.274. The third-order valence-corrected chi connectivity index (χ3v) is 2.67. The molecule has 15 heavy (non-hydrogen) atoms. The summed E-state index contributed by atoms with van der Waals surface area (Å²) in [7, 11) is 0. The molecule has 2 atom stereocenters. The van der Waals surface area contributed by atoms with E-state index in [0.717, 1.165) is 23.4 Å². The van der Waals surface area contributed by atoms with Gasteiger partial charge in [0.25, 0.3) is 0 Å². The smallest absolute Gasteiger partial charge is 0.152 e. The molecule has 2 unspecified atom stereocenters. The molecule has 0 radical (unpaired) electrons. The van der Waals surface area contributed by atoms with Crippen LogP contribution in [0.1, 0.15) is 12.1 Å². The summed E-state index contributed by atoms with van der Waals surface area (Å²) in [6, 6.07) is 2.67. The van der Waals surface area contributed by atoms with E-state index < -0.39 is 0 Å². The zero-order valence-electron chi connectivity index (χ0n) is 8.51. The highest BCUT2D eigenvalue weighted by Crippen LogP contribution is 2.25. The number of hydrogen-bond acceptors (Lipinski definition) is 4. The first-order valence-electron chi connectivity index (χ1n) is 5.07. The molecule has 3 rings (SSSR count). The standard InChI is InChI=1S/C10H13N5/c1-6-4-9-10(13-8-5-7(8)11)12-2-3-15(9)14-6/h2-4,7-8H,5,11H2,1H3,(H,12,13). The van der Waals surface area contributed by atoms with Crippen molar-refractivity contribution >= 4 is 11.3 Å². The molecule has 0 spiro atoms. The number of fused-ring (bicyclic) bond motifs is 1. The molecule has 78 valence electrons. The van der Waals surface area contributed by atoms with Gasteiger partial charge in [-0.15, -0.1) is 0 Å². The van der Waals surface area contributed by atoms with Crippen LogP contribution in [0.25, 0.3) is 5.52 Å². The van der Waals surface area contributed by atoms with Crippen LogP contribution in [0.4, 0.5) is 5.82 Å². The summed E-state index contributed by atoms with van der Waals surface area (Å²) in [5.41, 5.74) is 7.75. The van der Waals surface area contributed by atoms with Crippen LogP contribution >= 0.6 is 0 Å². The number of aromatic nitrogens is 3. The fourth-order valence-electron chi connectivity index (χ4n) is 1.71. The van der Waals surface area contributed by atoms with Crippen LogP contribution in [-0.2, 0) is 0 Å². The zero-order chi connectivity index (χ0) is 10.4. The van der Waals surface area contributed by atoms with Gasteiger partial charge in [0.2, 0.25) is 0 Å². The summed E-state index contributed by atoms with van der Waals surface area (Å²) < 4.78 is 1.83. The maximum Gasteiger partial charge on any atom is 0.152 e. The molecule has 5 nitrogen and oxygen atoms in total. The van der Waals surface area contributed by atoms with Crippen molar-refractivity contribution in [3.8, 4) is 0 Å². The molecule has 3 N–H and O–H groups in total. The fraction of sp³-hybridized carbons (Fsp3) is 0.400. The van der Waals surface area contributed by atoms with Crippen LogP contribution in [-0.4, -0.2) is 26.7 Å². The van der Waals surface area contributed by atoms with Crippen LogP contribution < -0.4 is 11.1 Å². The molecule has 2 aromatic heterocycles. The Kier molecular flexibility index (Phi) is 1.70. The molecule has 0 bridgehead atoms. The van der Waals surface area contributed by atoms with Crippen molar-refractivity contribution in [3.05, 3.63) is 24.2 Å². The Morgan fingerprint density at radius 2 is 2.40 bits per heavy atom. The second-order valence-electron chi connectivity index (χ2n) is 4.04. The summed E-state index contributed by atoms with van der Waals surface area (Å²) in [5.74, 6) is 0.871. The molecular formula is C10H13N5. The van der Waals surface area contributed by atoms with Gasteiger partial charge in [0.05, 0.1) is 5.69 Å². The Morgan fingerprint density at radius 1 is 1.60 bits per heavy atom. The summed E-state index contributed by atoms with van der Waals surface area (Å²) >= 11 is 0. The first-order valence-corrected chi connectivity index (χ1v) is 5.07. The average molecular weight is 203 g/mol. The molecule has 2 aromatic rings. The maximum atomic E-state index is 5.75. The maximum absolute atomic E-state index is 5.75. The number of nitrogens with two attached hydrogens (primary N) is 1. The molecule has 0 amide bonds. The number of hydrogen-bond donors (Lipinski definition) is 2. The van der Waals surface area contributed by atoms with E-state index in [4.69, 9.17) is 5.73 Å². The molecule has 2 heterocycles. The largest absolute Gasteiger partial charge is 0.364 e. The third-order valence-electron chi connectivity index (χ3n) is 2.67. The lowest BCUT2D eigenvalue weighted by atomic mass is 10.4. The van der Waals surface area contributed by atoms with Crippen molar-refractivity contribution in [2.45, 2.75) is 25.4 Å². The van der Waals surface area contributed by atoms with Crippen molar-refractivity contribution in [2.75, 3.05) is 5.32 Å². The molecule has 0 saturated heterocycles. The van der Waals surface area contributed by atoms with Gasteiger partial charge in [0.15, 0.2) is 5.82 Å². The molecule has 1 aliphatic carbocycles. The fourth-order valence-corrected chi connectivity index (χ4v) is 1.71. The van der Waals surface area contributed by atoms with Gasteiger partial charge in [-0.25, -0.2) is 9.50 Å². The summed E-state index contributed by atoms with van der Waals surface area (Å²) in [4.78, 5) is 4.31. The molecule has 1 aliphatic rings. The Bertz CT molecular complexity index is 503. The van der Waals surface area contributed by atoms with Crippen LogP contribution in [0.3, 0.4) is 0 Å². The number of rotatable bonds is 2. The third kappa shape index (κ3) is 1.45. The van der Waals surface area contributed by atoms with Gasteiger partial charge in [-0.3, -0.25) is 0 Å². The van der Waals surface area contributed by atoms with E-state index in [1.165, 1.54) is 0 Å². The number of aryl methyl sites for hydroxylation is 1. The molecule has 5 heteroatoms. The van der Waals surface area contributed by atoms with E-state index in [1.54, 1.807) is 6.20 Å². The van der Waals surface area contributed by atoms with Gasteiger partial charge >= 0.3 is 0 Å². The monoisotopic (exact) mass is 203 g/mol. The van der Waals surface area contributed by atoms with Gasteiger partial charge in [0.1, 0.15) is 5.52 Å². The summed E-state index contributed by atoms with van der Waals surface area (Å²) in [6.07, 6.45) is 4.62. The van der Waals surface area contributed by atoms with Crippen LogP contribution in [0.15, 0.2) is 18.5 Å². The van der Waals surface area contributed by atoms with Gasteiger partial charge in [-0.05, 0) is 19.4 Å². The Hall–Kier alpha value is -1.62. The average Bonchev–Trinajstić information content (AvgIpc) is 2.74. The highest BCUT2D eigenvalue weighted by molar-refractivity contribution is 5.68. The van der Waals surface area contributed by atoms with Crippen molar-refractivity contribution in [2.24, 2.45) is 5.73 Å². The van der Waals surface area contributed by atoms with Gasteiger partial charge < -0.3 is 11.1 Å². The van der Waals surface area contributed by atoms with Crippen molar-refractivity contribution in [1.29, 1.82) is 0 Å². The lowest BCUT2D eigenvalue weighted by Gasteiger charge is -2.04. The van der Waals surface area contributed by atoms with Crippen LogP contribution in [0, 0.1) is 6.92 Å².